The van der Waals surface area contributed by atoms with Gasteiger partial charge in [0.25, 0.3) is 0 Å². The number of carbonyl (C=O) groups is 1. The second-order valence-electron chi connectivity index (χ2n) is 3.92. The molecule has 0 saturated heterocycles. The van der Waals surface area contributed by atoms with Crippen LogP contribution in [0.3, 0.4) is 0 Å². The average molecular weight is 230 g/mol. The maximum atomic E-state index is 11.0. The van der Waals surface area contributed by atoms with Crippen LogP contribution >= 0.6 is 0 Å². The molecule has 0 rings (SSSR count). The Kier molecular flexibility index (Phi) is 8.85. The van der Waals surface area contributed by atoms with E-state index in [1.54, 1.807) is 6.92 Å². The first kappa shape index (κ1) is 15.1. The van der Waals surface area contributed by atoms with Gasteiger partial charge in [-0.25, -0.2) is 4.79 Å². The summed E-state index contributed by atoms with van der Waals surface area (Å²) in [5.41, 5.74) is 0.294. The van der Waals surface area contributed by atoms with Gasteiger partial charge in [-0.15, -0.1) is 0 Å². The summed E-state index contributed by atoms with van der Waals surface area (Å²) < 4.78 is 4.72. The van der Waals surface area contributed by atoms with Gasteiger partial charge in [-0.05, 0) is 19.8 Å². The normalized spacial score (nSPS) is 12.2. The summed E-state index contributed by atoms with van der Waals surface area (Å²) in [5.74, 6) is -0.548. The third kappa shape index (κ3) is 8.44. The van der Waals surface area contributed by atoms with Crippen molar-refractivity contribution in [1.29, 1.82) is 0 Å². The van der Waals surface area contributed by atoms with E-state index in [1.165, 1.54) is 0 Å². The molecular weight excluding hydrogens is 208 g/mol. The maximum Gasteiger partial charge on any atom is 0.335 e. The molecule has 16 heavy (non-hydrogen) atoms. The largest absolute Gasteiger partial charge is 0.433 e. The first-order chi connectivity index (χ1) is 7.57. The van der Waals surface area contributed by atoms with E-state index in [0.717, 1.165) is 32.1 Å². The second kappa shape index (κ2) is 9.36. The molecule has 0 aromatic carbocycles. The molecule has 94 valence electrons. The number of hydrogen-bond acceptors (Lipinski definition) is 4. The van der Waals surface area contributed by atoms with Crippen molar-refractivity contribution >= 4 is 5.97 Å². The van der Waals surface area contributed by atoms with Gasteiger partial charge < -0.3 is 14.9 Å². The van der Waals surface area contributed by atoms with Crippen LogP contribution in [0, 0.1) is 0 Å². The number of aliphatic hydroxyl groups is 2. The molecule has 1 unspecified atom stereocenters. The summed E-state index contributed by atoms with van der Waals surface area (Å²) in [6.07, 6.45) is 4.07. The minimum atomic E-state index is -1.03. The smallest absolute Gasteiger partial charge is 0.335 e. The Balaban J connectivity index is 3.40. The van der Waals surface area contributed by atoms with Gasteiger partial charge in [0.1, 0.15) is 0 Å². The topological polar surface area (TPSA) is 66.8 Å². The van der Waals surface area contributed by atoms with Gasteiger partial charge in [0.2, 0.25) is 6.29 Å². The van der Waals surface area contributed by atoms with Crippen molar-refractivity contribution in [2.24, 2.45) is 0 Å². The van der Waals surface area contributed by atoms with Gasteiger partial charge in [0.15, 0.2) is 0 Å². The Morgan fingerprint density at radius 1 is 1.25 bits per heavy atom. The van der Waals surface area contributed by atoms with Gasteiger partial charge in [0.05, 0.1) is 0 Å². The summed E-state index contributed by atoms with van der Waals surface area (Å²) in [6, 6.07) is 0. The number of aliphatic hydroxyl groups excluding tert-OH is 2. The molecule has 4 heteroatoms. The monoisotopic (exact) mass is 230 g/mol. The summed E-state index contributed by atoms with van der Waals surface area (Å²) >= 11 is 0. The number of esters is 1. The molecule has 0 aromatic heterocycles. The Bertz CT molecular complexity index is 213. The van der Waals surface area contributed by atoms with Crippen LogP contribution in [0.1, 0.15) is 45.4 Å². The molecule has 4 nitrogen and oxygen atoms in total. The molecule has 0 aliphatic heterocycles. The van der Waals surface area contributed by atoms with Crippen LogP contribution in [0.4, 0.5) is 0 Å². The zero-order chi connectivity index (χ0) is 12.4. The molecule has 2 N–H and O–H groups in total. The predicted molar refractivity (Wildman–Crippen MR) is 61.7 cm³/mol. The molecule has 0 aliphatic carbocycles. The zero-order valence-corrected chi connectivity index (χ0v) is 9.95. The lowest BCUT2D eigenvalue weighted by Gasteiger charge is -2.11. The molecule has 0 aromatic rings. The van der Waals surface area contributed by atoms with E-state index < -0.39 is 12.3 Å². The summed E-state index contributed by atoms with van der Waals surface area (Å²) in [4.78, 5) is 11.0. The van der Waals surface area contributed by atoms with Crippen LogP contribution in [0.25, 0.3) is 0 Å². The standard InChI is InChI=1S/C12H22O4/c1-10(2)12(15)16-11(14)8-6-4-3-5-7-9-13/h11,13-14H,1,3-9H2,2H3. The molecule has 0 heterocycles. The lowest BCUT2D eigenvalue weighted by molar-refractivity contribution is -0.163. The van der Waals surface area contributed by atoms with Gasteiger partial charge in [-0.1, -0.05) is 25.8 Å². The first-order valence-corrected chi connectivity index (χ1v) is 5.73. The lowest BCUT2D eigenvalue weighted by Crippen LogP contribution is -2.17. The van der Waals surface area contributed by atoms with Crippen LogP contribution in [0.2, 0.25) is 0 Å². The van der Waals surface area contributed by atoms with E-state index >= 15 is 0 Å². The lowest BCUT2D eigenvalue weighted by atomic mass is 10.1. The van der Waals surface area contributed by atoms with Crippen LogP contribution in [0.15, 0.2) is 12.2 Å². The molecule has 0 radical (unpaired) electrons. The molecule has 0 fully saturated rings. The molecule has 0 aliphatic rings. The minimum Gasteiger partial charge on any atom is -0.433 e. The summed E-state index contributed by atoms with van der Waals surface area (Å²) in [7, 11) is 0. The Morgan fingerprint density at radius 3 is 2.38 bits per heavy atom. The van der Waals surface area contributed by atoms with Crippen molar-refractivity contribution in [3.63, 3.8) is 0 Å². The fraction of sp³-hybridized carbons (Fsp3) is 0.750. The van der Waals surface area contributed by atoms with Crippen molar-refractivity contribution in [2.75, 3.05) is 6.61 Å². The van der Waals surface area contributed by atoms with Gasteiger partial charge in [-0.3, -0.25) is 0 Å². The number of ether oxygens (including phenoxy) is 1. The van der Waals surface area contributed by atoms with Crippen molar-refractivity contribution in [1.82, 2.24) is 0 Å². The fourth-order valence-electron chi connectivity index (χ4n) is 1.24. The molecule has 0 spiro atoms. The second-order valence-corrected chi connectivity index (χ2v) is 3.92. The molecule has 1 atom stereocenters. The highest BCUT2D eigenvalue weighted by molar-refractivity contribution is 5.86. The van der Waals surface area contributed by atoms with Crippen LogP contribution in [-0.4, -0.2) is 29.1 Å². The Hall–Kier alpha value is -0.870. The van der Waals surface area contributed by atoms with E-state index in [1.807, 2.05) is 0 Å². The highest BCUT2D eigenvalue weighted by Gasteiger charge is 2.10. The van der Waals surface area contributed by atoms with E-state index in [-0.39, 0.29) is 6.61 Å². The highest BCUT2D eigenvalue weighted by atomic mass is 16.6. The van der Waals surface area contributed by atoms with Crippen LogP contribution in [-0.2, 0) is 9.53 Å². The minimum absolute atomic E-state index is 0.235. The highest BCUT2D eigenvalue weighted by Crippen LogP contribution is 2.09. The molecule has 0 bridgehead atoms. The molecule has 0 amide bonds. The third-order valence-electron chi connectivity index (χ3n) is 2.20. The quantitative estimate of drug-likeness (QED) is 0.274. The predicted octanol–water partition coefficient (Wildman–Crippen LogP) is 1.76. The number of carbonyl (C=O) groups excluding carboxylic acids is 1. The number of rotatable bonds is 9. The van der Waals surface area contributed by atoms with Crippen molar-refractivity contribution < 1.29 is 19.7 Å². The third-order valence-corrected chi connectivity index (χ3v) is 2.20. The van der Waals surface area contributed by atoms with Crippen molar-refractivity contribution in [3.8, 4) is 0 Å². The van der Waals surface area contributed by atoms with E-state index in [4.69, 9.17) is 9.84 Å². The number of unbranched alkanes of at least 4 members (excludes halogenated alkanes) is 4. The molecular formula is C12H22O4. The van der Waals surface area contributed by atoms with E-state index in [9.17, 15) is 9.90 Å². The van der Waals surface area contributed by atoms with Crippen LogP contribution < -0.4 is 0 Å². The zero-order valence-electron chi connectivity index (χ0n) is 9.95. The Morgan fingerprint density at radius 2 is 1.81 bits per heavy atom. The summed E-state index contributed by atoms with van der Waals surface area (Å²) in [5, 5.41) is 17.9. The van der Waals surface area contributed by atoms with Gasteiger partial charge in [-0.2, -0.15) is 0 Å². The number of hydrogen-bond donors (Lipinski definition) is 2. The maximum absolute atomic E-state index is 11.0. The van der Waals surface area contributed by atoms with E-state index in [2.05, 4.69) is 6.58 Å². The first-order valence-electron chi connectivity index (χ1n) is 5.73. The van der Waals surface area contributed by atoms with Gasteiger partial charge in [0, 0.05) is 18.6 Å². The summed E-state index contributed by atoms with van der Waals surface area (Å²) in [6.45, 7) is 5.21. The van der Waals surface area contributed by atoms with E-state index in [0.29, 0.717) is 12.0 Å². The van der Waals surface area contributed by atoms with Crippen molar-refractivity contribution in [3.05, 3.63) is 12.2 Å². The molecule has 0 saturated carbocycles. The van der Waals surface area contributed by atoms with Crippen LogP contribution in [0.5, 0.6) is 0 Å². The van der Waals surface area contributed by atoms with Gasteiger partial charge >= 0.3 is 5.97 Å². The fourth-order valence-corrected chi connectivity index (χ4v) is 1.24. The average Bonchev–Trinajstić information content (AvgIpc) is 2.23. The SMILES string of the molecule is C=C(C)C(=O)OC(O)CCCCCCCO. The van der Waals surface area contributed by atoms with Crippen molar-refractivity contribution in [2.45, 2.75) is 51.7 Å². The Labute approximate surface area is 96.9 Å².